The Morgan fingerprint density at radius 3 is 2.43 bits per heavy atom. The maximum absolute atomic E-state index is 13.8. The third kappa shape index (κ3) is 3.83. The summed E-state index contributed by atoms with van der Waals surface area (Å²) < 4.78 is 0. The first-order valence-electron chi connectivity index (χ1n) is 12.4. The van der Waals surface area contributed by atoms with Crippen LogP contribution in [0.4, 0.5) is 0 Å². The second kappa shape index (κ2) is 8.30. The Kier molecular flexibility index (Phi) is 6.05. The second-order valence-electron chi connectivity index (χ2n) is 11.3. The Morgan fingerprint density at radius 1 is 1.07 bits per heavy atom. The van der Waals surface area contributed by atoms with Crippen LogP contribution in [0.25, 0.3) is 0 Å². The smallest absolute Gasteiger partial charge is 0.226 e. The third-order valence-electron chi connectivity index (χ3n) is 9.21. The second-order valence-corrected chi connectivity index (χ2v) is 11.3. The molecule has 5 aliphatic carbocycles. The number of hydrogen-bond donors (Lipinski definition) is 2. The topological polar surface area (TPSA) is 55.1 Å². The minimum Gasteiger partial charge on any atom is -0.353 e. The van der Waals surface area contributed by atoms with E-state index in [0.29, 0.717) is 29.2 Å². The summed E-state index contributed by atoms with van der Waals surface area (Å²) in [6.07, 6.45) is 21.1. The quantitative estimate of drug-likeness (QED) is 0.531. The van der Waals surface area contributed by atoms with Crippen molar-refractivity contribution in [2.75, 3.05) is 6.54 Å². The van der Waals surface area contributed by atoms with Gasteiger partial charge in [0.05, 0.1) is 5.41 Å². The molecule has 4 bridgehead atoms. The highest BCUT2D eigenvalue weighted by molar-refractivity contribution is 5.84. The van der Waals surface area contributed by atoms with E-state index in [1.165, 1.54) is 31.3 Å². The highest BCUT2D eigenvalue weighted by Crippen LogP contribution is 2.72. The fraction of sp³-hybridized carbons (Fsp3) is 0.741. The van der Waals surface area contributed by atoms with Crippen molar-refractivity contribution in [2.24, 2.45) is 33.8 Å². The van der Waals surface area contributed by atoms with Crippen LogP contribution in [0.2, 0.25) is 0 Å². The van der Waals surface area contributed by atoms with E-state index in [1.807, 2.05) is 6.92 Å². The molecular weight excluding hydrogens is 368 g/mol. The van der Waals surface area contributed by atoms with Crippen molar-refractivity contribution in [3.63, 3.8) is 0 Å². The SMILES string of the molecule is C=C(/C=C\C=C/C)[C@]12CC3CC(C(=O)NC4CCC(CN)CC4)(C[C@](CC)(C3)C1)C2. The molecule has 5 aliphatic rings. The van der Waals surface area contributed by atoms with Crippen molar-refractivity contribution in [1.82, 2.24) is 5.32 Å². The van der Waals surface area contributed by atoms with Crippen molar-refractivity contribution < 1.29 is 4.79 Å². The molecule has 2 unspecified atom stereocenters. The van der Waals surface area contributed by atoms with Crippen LogP contribution in [0.1, 0.15) is 84.5 Å². The summed E-state index contributed by atoms with van der Waals surface area (Å²) in [5.74, 6) is 1.68. The molecule has 0 aromatic carbocycles. The van der Waals surface area contributed by atoms with Gasteiger partial charge in [-0.05, 0) is 106 Å². The zero-order valence-electron chi connectivity index (χ0n) is 19.2. The minimum atomic E-state index is -0.183. The maximum atomic E-state index is 13.8. The van der Waals surface area contributed by atoms with Crippen molar-refractivity contribution in [1.29, 1.82) is 0 Å². The Bertz CT molecular complexity index is 731. The molecule has 3 nitrogen and oxygen atoms in total. The van der Waals surface area contributed by atoms with E-state index in [0.717, 1.165) is 51.5 Å². The lowest BCUT2D eigenvalue weighted by molar-refractivity contribution is -0.170. The molecule has 5 rings (SSSR count). The maximum Gasteiger partial charge on any atom is 0.226 e. The number of allylic oxidation sites excluding steroid dienone is 5. The first-order valence-corrected chi connectivity index (χ1v) is 12.4. The molecular formula is C27H42N2O. The molecule has 166 valence electrons. The first kappa shape index (κ1) is 21.9. The zero-order valence-corrected chi connectivity index (χ0v) is 19.2. The Balaban J connectivity index is 1.55. The molecule has 0 radical (unpaired) electrons. The van der Waals surface area contributed by atoms with Crippen LogP contribution >= 0.6 is 0 Å². The molecule has 3 heteroatoms. The first-order chi connectivity index (χ1) is 14.4. The summed E-state index contributed by atoms with van der Waals surface area (Å²) in [7, 11) is 0. The fourth-order valence-electron chi connectivity index (χ4n) is 7.98. The van der Waals surface area contributed by atoms with Crippen LogP contribution in [0.5, 0.6) is 0 Å². The van der Waals surface area contributed by atoms with Gasteiger partial charge in [0.15, 0.2) is 0 Å². The van der Waals surface area contributed by atoms with Crippen LogP contribution in [0, 0.1) is 28.1 Å². The molecule has 0 heterocycles. The number of carbonyl (C=O) groups excluding carboxylic acids is 1. The lowest BCUT2D eigenvalue weighted by atomic mass is 9.37. The molecule has 3 N–H and O–H groups in total. The van der Waals surface area contributed by atoms with Gasteiger partial charge in [0.1, 0.15) is 0 Å². The summed E-state index contributed by atoms with van der Waals surface area (Å²) in [5, 5.41) is 3.53. The largest absolute Gasteiger partial charge is 0.353 e. The predicted molar refractivity (Wildman–Crippen MR) is 125 cm³/mol. The van der Waals surface area contributed by atoms with E-state index in [2.05, 4.69) is 43.1 Å². The third-order valence-corrected chi connectivity index (χ3v) is 9.21. The average molecular weight is 411 g/mol. The normalized spacial score (nSPS) is 42.8. The van der Waals surface area contributed by atoms with E-state index in [9.17, 15) is 4.79 Å². The Labute approximate surface area is 183 Å². The van der Waals surface area contributed by atoms with Gasteiger partial charge in [-0.25, -0.2) is 0 Å². The van der Waals surface area contributed by atoms with Gasteiger partial charge in [-0.2, -0.15) is 0 Å². The van der Waals surface area contributed by atoms with Gasteiger partial charge in [-0.15, -0.1) is 0 Å². The Hall–Kier alpha value is -1.35. The number of rotatable bonds is 7. The molecule has 30 heavy (non-hydrogen) atoms. The van der Waals surface area contributed by atoms with E-state index >= 15 is 0 Å². The van der Waals surface area contributed by atoms with Crippen molar-refractivity contribution in [2.45, 2.75) is 90.5 Å². The molecule has 4 atom stereocenters. The van der Waals surface area contributed by atoms with Crippen molar-refractivity contribution in [3.05, 3.63) is 36.5 Å². The van der Waals surface area contributed by atoms with Gasteiger partial charge in [0.2, 0.25) is 5.91 Å². The van der Waals surface area contributed by atoms with Crippen LogP contribution in [0.15, 0.2) is 36.5 Å². The molecule has 1 amide bonds. The highest BCUT2D eigenvalue weighted by atomic mass is 16.2. The lowest BCUT2D eigenvalue weighted by Crippen LogP contribution is -2.62. The standard InChI is InChI=1S/C27H42N2O/c1-4-6-7-8-20(3)26-14-22-13-25(5-2,17-26)18-27(15-22,19-26)24(30)29-23-11-9-21(16-28)10-12-23/h4,6-8,21-23H,3,5,9-19,28H2,1-2H3,(H,29,30)/b6-4-,8-7-/t21?,22?,23?,25-,26-,27?/m1/s1. The lowest BCUT2D eigenvalue weighted by Gasteiger charge is -2.66. The molecule has 0 spiro atoms. The van der Waals surface area contributed by atoms with E-state index in [-0.39, 0.29) is 10.8 Å². The zero-order chi connectivity index (χ0) is 21.4. The summed E-state index contributed by atoms with van der Waals surface area (Å²) in [5.41, 5.74) is 7.37. The van der Waals surface area contributed by atoms with Crippen LogP contribution in [-0.4, -0.2) is 18.5 Å². The molecule has 0 aromatic heterocycles. The minimum absolute atomic E-state index is 0.113. The number of nitrogens with one attached hydrogen (secondary N) is 1. The van der Waals surface area contributed by atoms with Crippen LogP contribution in [0.3, 0.4) is 0 Å². The van der Waals surface area contributed by atoms with Gasteiger partial charge >= 0.3 is 0 Å². The molecule has 0 aliphatic heterocycles. The van der Waals surface area contributed by atoms with Crippen LogP contribution in [-0.2, 0) is 4.79 Å². The highest BCUT2D eigenvalue weighted by Gasteiger charge is 2.65. The number of carbonyl (C=O) groups is 1. The van der Waals surface area contributed by atoms with E-state index in [1.54, 1.807) is 0 Å². The summed E-state index contributed by atoms with van der Waals surface area (Å²) in [6.45, 7) is 9.72. The van der Waals surface area contributed by atoms with Gasteiger partial charge in [-0.1, -0.05) is 44.2 Å². The van der Waals surface area contributed by atoms with Crippen molar-refractivity contribution in [3.8, 4) is 0 Å². The molecule has 5 saturated carbocycles. The van der Waals surface area contributed by atoms with Gasteiger partial charge < -0.3 is 11.1 Å². The Morgan fingerprint density at radius 2 is 1.77 bits per heavy atom. The monoisotopic (exact) mass is 410 g/mol. The van der Waals surface area contributed by atoms with Gasteiger partial charge in [0, 0.05) is 6.04 Å². The van der Waals surface area contributed by atoms with Crippen LogP contribution < -0.4 is 11.1 Å². The summed E-state index contributed by atoms with van der Waals surface area (Å²) >= 11 is 0. The van der Waals surface area contributed by atoms with E-state index in [4.69, 9.17) is 5.73 Å². The number of amides is 1. The summed E-state index contributed by atoms with van der Waals surface area (Å²) in [4.78, 5) is 13.8. The van der Waals surface area contributed by atoms with E-state index < -0.39 is 0 Å². The number of nitrogens with two attached hydrogens (primary N) is 1. The van der Waals surface area contributed by atoms with Crippen molar-refractivity contribution >= 4 is 5.91 Å². The number of hydrogen-bond acceptors (Lipinski definition) is 2. The molecule has 0 aromatic rings. The fourth-order valence-corrected chi connectivity index (χ4v) is 7.98. The average Bonchev–Trinajstić information content (AvgIpc) is 2.73. The summed E-state index contributed by atoms with van der Waals surface area (Å²) in [6, 6.07) is 0.347. The predicted octanol–water partition coefficient (Wildman–Crippen LogP) is 5.68. The molecule has 0 saturated heterocycles. The molecule has 5 fully saturated rings. The van der Waals surface area contributed by atoms with Gasteiger partial charge in [0.25, 0.3) is 0 Å². The van der Waals surface area contributed by atoms with Gasteiger partial charge in [-0.3, -0.25) is 4.79 Å².